The summed E-state index contributed by atoms with van der Waals surface area (Å²) in [5, 5.41) is 8.36. The molecule has 1 aliphatic rings. The highest BCUT2D eigenvalue weighted by Gasteiger charge is 2.15. The van der Waals surface area contributed by atoms with Crippen LogP contribution in [-0.2, 0) is 0 Å². The monoisotopic (exact) mass is 186 g/mol. The Kier molecular flexibility index (Phi) is 3.92. The van der Waals surface area contributed by atoms with E-state index < -0.39 is 0 Å². The van der Waals surface area contributed by atoms with Crippen molar-refractivity contribution in [2.24, 2.45) is 0 Å². The maximum atomic E-state index is 7.53. The normalized spacial score (nSPS) is 25.2. The summed E-state index contributed by atoms with van der Waals surface area (Å²) >= 11 is 1.98. The summed E-state index contributed by atoms with van der Waals surface area (Å²) in [6.45, 7) is 4.06. The molecule has 1 atom stereocenters. The van der Waals surface area contributed by atoms with Gasteiger partial charge in [0.05, 0.1) is 5.84 Å². The number of hydrogen-bond donors (Lipinski definition) is 1. The lowest BCUT2D eigenvalue weighted by Crippen LogP contribution is -2.29. The van der Waals surface area contributed by atoms with Gasteiger partial charge in [-0.15, -0.1) is 0 Å². The van der Waals surface area contributed by atoms with E-state index in [2.05, 4.69) is 11.2 Å². The number of nitrogens with one attached hydrogen (secondary N) is 1. The molecular formula is C9H18N2S. The van der Waals surface area contributed by atoms with Crippen LogP contribution in [0.5, 0.6) is 0 Å². The highest BCUT2D eigenvalue weighted by atomic mass is 32.2. The van der Waals surface area contributed by atoms with E-state index >= 15 is 0 Å². The van der Waals surface area contributed by atoms with Crippen LogP contribution in [0.25, 0.3) is 0 Å². The quantitative estimate of drug-likeness (QED) is 0.502. The smallest absolute Gasteiger partial charge is 0.0925 e. The van der Waals surface area contributed by atoms with Crippen LogP contribution in [0.4, 0.5) is 0 Å². The van der Waals surface area contributed by atoms with Gasteiger partial charge in [-0.1, -0.05) is 0 Å². The highest BCUT2D eigenvalue weighted by Crippen LogP contribution is 2.20. The number of nitrogens with zero attached hydrogens (tertiary/aromatic N) is 1. The molecule has 0 aliphatic carbocycles. The van der Waals surface area contributed by atoms with Crippen LogP contribution in [0.2, 0.25) is 0 Å². The molecular weight excluding hydrogens is 168 g/mol. The van der Waals surface area contributed by atoms with Crippen molar-refractivity contribution in [3.8, 4) is 0 Å². The van der Waals surface area contributed by atoms with Crippen molar-refractivity contribution in [2.75, 3.05) is 19.3 Å². The van der Waals surface area contributed by atoms with E-state index in [-0.39, 0.29) is 0 Å². The summed E-state index contributed by atoms with van der Waals surface area (Å²) in [7, 11) is 0. The average molecular weight is 186 g/mol. The van der Waals surface area contributed by atoms with Crippen molar-refractivity contribution >= 4 is 17.6 Å². The standard InChI is InChI=1S/C9H18N2S/c1-8(10)11-6-3-4-9(12-2)5-7-11/h9-10H,3-7H2,1-2H3. The van der Waals surface area contributed by atoms with Crippen molar-refractivity contribution in [1.29, 1.82) is 5.41 Å². The van der Waals surface area contributed by atoms with Crippen molar-refractivity contribution in [3.63, 3.8) is 0 Å². The summed E-state index contributed by atoms with van der Waals surface area (Å²) in [5.41, 5.74) is 0. The van der Waals surface area contributed by atoms with Crippen LogP contribution in [0.3, 0.4) is 0 Å². The van der Waals surface area contributed by atoms with Gasteiger partial charge in [0, 0.05) is 18.3 Å². The zero-order chi connectivity index (χ0) is 8.97. The molecule has 0 aromatic heterocycles. The van der Waals surface area contributed by atoms with Crippen LogP contribution >= 0.6 is 11.8 Å². The Hall–Kier alpha value is -0.180. The van der Waals surface area contributed by atoms with E-state index in [0.717, 1.165) is 24.2 Å². The topological polar surface area (TPSA) is 27.1 Å². The van der Waals surface area contributed by atoms with Gasteiger partial charge >= 0.3 is 0 Å². The van der Waals surface area contributed by atoms with Crippen molar-refractivity contribution in [2.45, 2.75) is 31.4 Å². The van der Waals surface area contributed by atoms with Gasteiger partial charge < -0.3 is 4.90 Å². The van der Waals surface area contributed by atoms with E-state index in [1.165, 1.54) is 19.3 Å². The molecule has 0 amide bonds. The zero-order valence-corrected chi connectivity index (χ0v) is 8.78. The summed E-state index contributed by atoms with van der Waals surface area (Å²) < 4.78 is 0. The zero-order valence-electron chi connectivity index (χ0n) is 7.97. The highest BCUT2D eigenvalue weighted by molar-refractivity contribution is 7.99. The van der Waals surface area contributed by atoms with Gasteiger partial charge in [-0.25, -0.2) is 0 Å². The van der Waals surface area contributed by atoms with Crippen molar-refractivity contribution < 1.29 is 0 Å². The molecule has 1 unspecified atom stereocenters. The molecule has 1 aliphatic heterocycles. The van der Waals surface area contributed by atoms with Gasteiger partial charge in [-0.2, -0.15) is 11.8 Å². The third kappa shape index (κ3) is 2.70. The van der Waals surface area contributed by atoms with E-state index in [1.54, 1.807) is 0 Å². The predicted molar refractivity (Wildman–Crippen MR) is 56.1 cm³/mol. The van der Waals surface area contributed by atoms with E-state index in [0.29, 0.717) is 0 Å². The Morgan fingerprint density at radius 3 is 2.75 bits per heavy atom. The molecule has 1 rings (SSSR count). The van der Waals surface area contributed by atoms with E-state index in [9.17, 15) is 0 Å². The number of thioether (sulfide) groups is 1. The minimum absolute atomic E-state index is 0.733. The Balaban J connectivity index is 2.39. The average Bonchev–Trinajstić information content (AvgIpc) is 2.28. The van der Waals surface area contributed by atoms with Crippen LogP contribution in [0, 0.1) is 5.41 Å². The lowest BCUT2D eigenvalue weighted by atomic mass is 10.2. The molecule has 70 valence electrons. The Labute approximate surface area is 79.2 Å². The van der Waals surface area contributed by atoms with E-state index in [4.69, 9.17) is 5.41 Å². The van der Waals surface area contributed by atoms with Gasteiger partial charge in [-0.3, -0.25) is 5.41 Å². The number of hydrogen-bond acceptors (Lipinski definition) is 2. The fraction of sp³-hybridized carbons (Fsp3) is 0.889. The molecule has 0 aromatic rings. The molecule has 0 spiro atoms. The Bertz CT molecular complexity index is 159. The second-order valence-corrected chi connectivity index (χ2v) is 4.50. The number of amidine groups is 1. The fourth-order valence-corrected chi connectivity index (χ4v) is 2.38. The van der Waals surface area contributed by atoms with Crippen LogP contribution in [0.1, 0.15) is 26.2 Å². The second-order valence-electron chi connectivity index (χ2n) is 3.36. The largest absolute Gasteiger partial charge is 0.361 e. The molecule has 0 aromatic carbocycles. The molecule has 0 bridgehead atoms. The summed E-state index contributed by atoms with van der Waals surface area (Å²) in [6, 6.07) is 0. The van der Waals surface area contributed by atoms with Gasteiger partial charge in [0.15, 0.2) is 0 Å². The van der Waals surface area contributed by atoms with Gasteiger partial charge in [0.25, 0.3) is 0 Å². The summed E-state index contributed by atoms with van der Waals surface area (Å²) in [4.78, 5) is 2.19. The maximum absolute atomic E-state index is 7.53. The second kappa shape index (κ2) is 4.75. The molecule has 1 N–H and O–H groups in total. The molecule has 0 saturated carbocycles. The third-order valence-corrected chi connectivity index (χ3v) is 3.62. The fourth-order valence-electron chi connectivity index (χ4n) is 1.64. The van der Waals surface area contributed by atoms with Gasteiger partial charge in [0.1, 0.15) is 0 Å². The molecule has 3 heteroatoms. The van der Waals surface area contributed by atoms with Crippen molar-refractivity contribution in [1.82, 2.24) is 4.90 Å². The Morgan fingerprint density at radius 2 is 2.17 bits per heavy atom. The minimum Gasteiger partial charge on any atom is -0.361 e. The Morgan fingerprint density at radius 1 is 1.42 bits per heavy atom. The van der Waals surface area contributed by atoms with Crippen LogP contribution in [-0.4, -0.2) is 35.3 Å². The van der Waals surface area contributed by atoms with Crippen LogP contribution < -0.4 is 0 Å². The first-order valence-electron chi connectivity index (χ1n) is 4.57. The molecule has 1 fully saturated rings. The minimum atomic E-state index is 0.733. The first kappa shape index (κ1) is 9.90. The van der Waals surface area contributed by atoms with E-state index in [1.807, 2.05) is 18.7 Å². The van der Waals surface area contributed by atoms with Gasteiger partial charge in [0.2, 0.25) is 0 Å². The van der Waals surface area contributed by atoms with Gasteiger partial charge in [-0.05, 0) is 32.4 Å². The summed E-state index contributed by atoms with van der Waals surface area (Å²) in [6.07, 6.45) is 6.02. The lowest BCUT2D eigenvalue weighted by Gasteiger charge is -2.20. The molecule has 2 nitrogen and oxygen atoms in total. The third-order valence-electron chi connectivity index (χ3n) is 2.48. The molecule has 1 saturated heterocycles. The molecule has 12 heavy (non-hydrogen) atoms. The number of likely N-dealkylation sites (tertiary alicyclic amines) is 1. The lowest BCUT2D eigenvalue weighted by molar-refractivity contribution is 0.430. The first-order chi connectivity index (χ1) is 5.74. The maximum Gasteiger partial charge on any atom is 0.0925 e. The predicted octanol–water partition coefficient (Wildman–Crippen LogP) is 2.20. The first-order valence-corrected chi connectivity index (χ1v) is 5.85. The van der Waals surface area contributed by atoms with Crippen LogP contribution in [0.15, 0.2) is 0 Å². The molecule has 1 heterocycles. The molecule has 0 radical (unpaired) electrons. The van der Waals surface area contributed by atoms with Crippen molar-refractivity contribution in [3.05, 3.63) is 0 Å². The number of rotatable bonds is 1. The summed E-state index contributed by atoms with van der Waals surface area (Å²) in [5.74, 6) is 0.733. The SMILES string of the molecule is CSC1CCCN(C(C)=N)CC1.